The quantitative estimate of drug-likeness (QED) is 0.632. The molecule has 0 radical (unpaired) electrons. The second kappa shape index (κ2) is 9.13. The van der Waals surface area contributed by atoms with Crippen molar-refractivity contribution >= 4 is 29.1 Å². The number of aromatic nitrogens is 4. The minimum atomic E-state index is -0.332. The molecule has 1 aromatic heterocycles. The number of nitrogens with one attached hydrogen (secondary N) is 1. The third kappa shape index (κ3) is 4.51. The van der Waals surface area contributed by atoms with Crippen LogP contribution < -0.4 is 15.0 Å². The monoisotopic (exact) mass is 440 g/mol. The van der Waals surface area contributed by atoms with Gasteiger partial charge in [-0.3, -0.25) is 9.59 Å². The number of anilines is 1. The number of benzene rings is 2. The summed E-state index contributed by atoms with van der Waals surface area (Å²) in [5.74, 6) is 0.149. The van der Waals surface area contributed by atoms with E-state index in [0.29, 0.717) is 35.0 Å². The second-order valence-electron chi connectivity index (χ2n) is 7.11. The van der Waals surface area contributed by atoms with Gasteiger partial charge in [0.05, 0.1) is 23.4 Å². The fourth-order valence-corrected chi connectivity index (χ4v) is 3.78. The molecule has 0 aliphatic carbocycles. The zero-order valence-corrected chi connectivity index (χ0v) is 17.7. The normalized spacial score (nSPS) is 13.9. The van der Waals surface area contributed by atoms with Crippen LogP contribution in [-0.4, -0.2) is 45.7 Å². The first kappa shape index (κ1) is 20.8. The smallest absolute Gasteiger partial charge is 0.255 e. The number of amides is 2. The van der Waals surface area contributed by atoms with Crippen LogP contribution in [0.15, 0.2) is 42.7 Å². The molecule has 1 N–H and O–H groups in total. The molecule has 0 unspecified atom stereocenters. The van der Waals surface area contributed by atoms with E-state index in [9.17, 15) is 9.59 Å². The molecule has 0 spiro atoms. The average molecular weight is 441 g/mol. The molecule has 1 aliphatic heterocycles. The van der Waals surface area contributed by atoms with Gasteiger partial charge in [-0.15, -0.1) is 5.10 Å². The number of carbonyl (C=O) groups excluding carboxylic acids is 2. The lowest BCUT2D eigenvalue weighted by molar-refractivity contribution is -0.119. The Kier molecular flexibility index (Phi) is 6.13. The highest BCUT2D eigenvalue weighted by Gasteiger charge is 2.20. The Labute approximate surface area is 183 Å². The van der Waals surface area contributed by atoms with Crippen molar-refractivity contribution in [3.63, 3.8) is 0 Å². The van der Waals surface area contributed by atoms with Crippen molar-refractivity contribution in [2.45, 2.75) is 25.8 Å². The minimum absolute atomic E-state index is 0.134. The maximum Gasteiger partial charge on any atom is 0.255 e. The van der Waals surface area contributed by atoms with Crippen LogP contribution in [0.2, 0.25) is 5.02 Å². The largest absolute Gasteiger partial charge is 0.496 e. The Hall–Kier alpha value is -3.46. The highest BCUT2D eigenvalue weighted by Crippen LogP contribution is 2.29. The fraction of sp³-hybridized carbons (Fsp3) is 0.286. The van der Waals surface area contributed by atoms with Gasteiger partial charge in [-0.25, -0.2) is 0 Å². The number of carbonyl (C=O) groups is 2. The van der Waals surface area contributed by atoms with Gasteiger partial charge in [-0.2, -0.15) is 4.68 Å². The Morgan fingerprint density at radius 2 is 2.13 bits per heavy atom. The highest BCUT2D eigenvalue weighted by molar-refractivity contribution is 6.33. The predicted octanol–water partition coefficient (Wildman–Crippen LogP) is 2.77. The van der Waals surface area contributed by atoms with Gasteiger partial charge in [0, 0.05) is 31.3 Å². The molecule has 0 bridgehead atoms. The van der Waals surface area contributed by atoms with Crippen LogP contribution in [0.1, 0.15) is 35.2 Å². The summed E-state index contributed by atoms with van der Waals surface area (Å²) in [6.45, 7) is 1.02. The highest BCUT2D eigenvalue weighted by atomic mass is 35.5. The molecule has 1 aliphatic rings. The number of tetrazole rings is 1. The van der Waals surface area contributed by atoms with E-state index in [2.05, 4.69) is 20.8 Å². The number of methoxy groups -OCH3 is 1. The number of hydrogen-bond acceptors (Lipinski definition) is 6. The summed E-state index contributed by atoms with van der Waals surface area (Å²) >= 11 is 6.34. The van der Waals surface area contributed by atoms with E-state index in [1.807, 2.05) is 24.3 Å². The molecule has 10 heteroatoms. The Morgan fingerprint density at radius 3 is 2.87 bits per heavy atom. The summed E-state index contributed by atoms with van der Waals surface area (Å²) in [6, 6.07) is 10.8. The maximum atomic E-state index is 12.8. The van der Waals surface area contributed by atoms with E-state index in [1.54, 1.807) is 11.0 Å². The van der Waals surface area contributed by atoms with Crippen molar-refractivity contribution in [2.24, 2.45) is 0 Å². The lowest BCUT2D eigenvalue weighted by Crippen LogP contribution is -2.35. The van der Waals surface area contributed by atoms with Gasteiger partial charge >= 0.3 is 0 Å². The summed E-state index contributed by atoms with van der Waals surface area (Å²) < 4.78 is 6.77. The van der Waals surface area contributed by atoms with Crippen LogP contribution >= 0.6 is 11.6 Å². The molecule has 9 nitrogen and oxygen atoms in total. The van der Waals surface area contributed by atoms with E-state index in [1.165, 1.54) is 24.2 Å². The standard InChI is InChI=1S/C21H21ClN6O3/c1-31-19-11-18(28-13-24-25-26-28)17(22)10-16(19)21(30)23-12-14-5-4-6-15(9-14)27-8-3-2-7-20(27)29/h4-6,9-11,13H,2-3,7-8,12H2,1H3,(H,23,30). The zero-order valence-electron chi connectivity index (χ0n) is 16.9. The zero-order chi connectivity index (χ0) is 21.8. The van der Waals surface area contributed by atoms with Crippen molar-refractivity contribution in [1.82, 2.24) is 25.5 Å². The average Bonchev–Trinajstić information content (AvgIpc) is 3.32. The lowest BCUT2D eigenvalue weighted by Gasteiger charge is -2.27. The first-order valence-corrected chi connectivity index (χ1v) is 10.2. The third-order valence-electron chi connectivity index (χ3n) is 5.11. The van der Waals surface area contributed by atoms with Gasteiger partial charge in [0.2, 0.25) is 5.91 Å². The summed E-state index contributed by atoms with van der Waals surface area (Å²) in [6.07, 6.45) is 3.90. The topological polar surface area (TPSA) is 102 Å². The van der Waals surface area contributed by atoms with Crippen LogP contribution in [0, 0.1) is 0 Å². The van der Waals surface area contributed by atoms with Gasteiger partial charge in [-0.05, 0) is 47.0 Å². The molecular formula is C21H21ClN6O3. The molecule has 0 atom stereocenters. The van der Waals surface area contributed by atoms with Crippen molar-refractivity contribution in [3.05, 3.63) is 58.9 Å². The first-order chi connectivity index (χ1) is 15.1. The lowest BCUT2D eigenvalue weighted by atomic mass is 10.1. The van der Waals surface area contributed by atoms with E-state index in [0.717, 1.165) is 30.6 Å². The molecule has 4 rings (SSSR count). The van der Waals surface area contributed by atoms with Crippen molar-refractivity contribution in [2.75, 3.05) is 18.6 Å². The van der Waals surface area contributed by atoms with E-state index >= 15 is 0 Å². The summed E-state index contributed by atoms with van der Waals surface area (Å²) in [4.78, 5) is 26.8. The number of piperidine rings is 1. The van der Waals surface area contributed by atoms with Crippen molar-refractivity contribution in [3.8, 4) is 11.4 Å². The van der Waals surface area contributed by atoms with Crippen LogP contribution in [-0.2, 0) is 11.3 Å². The molecule has 160 valence electrons. The molecule has 2 heterocycles. The number of hydrogen-bond donors (Lipinski definition) is 1. The van der Waals surface area contributed by atoms with Crippen molar-refractivity contribution in [1.29, 1.82) is 0 Å². The summed E-state index contributed by atoms with van der Waals surface area (Å²) in [5, 5.41) is 14.2. The Morgan fingerprint density at radius 1 is 1.26 bits per heavy atom. The first-order valence-electron chi connectivity index (χ1n) is 9.85. The summed E-state index contributed by atoms with van der Waals surface area (Å²) in [7, 11) is 1.47. The molecule has 2 aromatic carbocycles. The summed E-state index contributed by atoms with van der Waals surface area (Å²) in [5.41, 5.74) is 2.54. The van der Waals surface area contributed by atoms with Crippen LogP contribution in [0.25, 0.3) is 5.69 Å². The third-order valence-corrected chi connectivity index (χ3v) is 5.41. The number of rotatable bonds is 6. The maximum absolute atomic E-state index is 12.8. The SMILES string of the molecule is COc1cc(-n2cnnn2)c(Cl)cc1C(=O)NCc1cccc(N2CCCCC2=O)c1. The molecule has 2 amide bonds. The van der Waals surface area contributed by atoms with Gasteiger partial charge in [0.15, 0.2) is 0 Å². The van der Waals surface area contributed by atoms with E-state index in [-0.39, 0.29) is 11.8 Å². The van der Waals surface area contributed by atoms with E-state index in [4.69, 9.17) is 16.3 Å². The van der Waals surface area contributed by atoms with Gasteiger partial charge < -0.3 is 15.0 Å². The molecular weight excluding hydrogens is 420 g/mol. The molecule has 3 aromatic rings. The van der Waals surface area contributed by atoms with Gasteiger partial charge in [-0.1, -0.05) is 23.7 Å². The molecule has 31 heavy (non-hydrogen) atoms. The molecule has 1 saturated heterocycles. The number of halogens is 1. The van der Waals surface area contributed by atoms with Gasteiger partial charge in [0.25, 0.3) is 5.91 Å². The minimum Gasteiger partial charge on any atom is -0.496 e. The predicted molar refractivity (Wildman–Crippen MR) is 115 cm³/mol. The van der Waals surface area contributed by atoms with E-state index < -0.39 is 0 Å². The fourth-order valence-electron chi connectivity index (χ4n) is 3.53. The molecule has 1 fully saturated rings. The van der Waals surface area contributed by atoms with Crippen LogP contribution in [0.5, 0.6) is 5.75 Å². The van der Waals surface area contributed by atoms with Crippen LogP contribution in [0.3, 0.4) is 0 Å². The Bertz CT molecular complexity index is 1100. The van der Waals surface area contributed by atoms with Crippen LogP contribution in [0.4, 0.5) is 5.69 Å². The number of nitrogens with zero attached hydrogens (tertiary/aromatic N) is 5. The van der Waals surface area contributed by atoms with Crippen molar-refractivity contribution < 1.29 is 14.3 Å². The number of ether oxygens (including phenoxy) is 1. The molecule has 0 saturated carbocycles. The second-order valence-corrected chi connectivity index (χ2v) is 7.52. The Balaban J connectivity index is 1.50. The van der Waals surface area contributed by atoms with Gasteiger partial charge in [0.1, 0.15) is 12.1 Å².